The third kappa shape index (κ3) is 3.09. The predicted octanol–water partition coefficient (Wildman–Crippen LogP) is 3.98. The van der Waals surface area contributed by atoms with Gasteiger partial charge in [-0.1, -0.05) is 37.3 Å². The Balaban J connectivity index is 1.70. The molecule has 3 rings (SSSR count). The van der Waals surface area contributed by atoms with E-state index in [-0.39, 0.29) is 0 Å². The first-order valence-corrected chi connectivity index (χ1v) is 8.97. The molecule has 0 radical (unpaired) electrons. The van der Waals surface area contributed by atoms with Crippen molar-refractivity contribution in [3.8, 4) is 0 Å². The van der Waals surface area contributed by atoms with Gasteiger partial charge in [0.2, 0.25) is 0 Å². The topological polar surface area (TPSA) is 23.5 Å². The van der Waals surface area contributed by atoms with Gasteiger partial charge < -0.3 is 5.11 Å². The zero-order chi connectivity index (χ0) is 15.6. The largest absolute Gasteiger partial charge is 0.396 e. The molecule has 3 atom stereocenters. The molecule has 2 aliphatic rings. The van der Waals surface area contributed by atoms with Gasteiger partial charge >= 0.3 is 0 Å². The van der Waals surface area contributed by atoms with Gasteiger partial charge in [-0.3, -0.25) is 4.90 Å². The Morgan fingerprint density at radius 2 is 1.95 bits per heavy atom. The van der Waals surface area contributed by atoms with Crippen LogP contribution in [0.3, 0.4) is 0 Å². The monoisotopic (exact) mass is 301 g/mol. The summed E-state index contributed by atoms with van der Waals surface area (Å²) in [6.07, 6.45) is 7.39. The van der Waals surface area contributed by atoms with Crippen molar-refractivity contribution in [2.75, 3.05) is 19.7 Å². The number of aliphatic hydroxyl groups excluding tert-OH is 1. The third-order valence-electron chi connectivity index (χ3n) is 6.30. The van der Waals surface area contributed by atoms with Gasteiger partial charge in [0.25, 0.3) is 0 Å². The zero-order valence-corrected chi connectivity index (χ0v) is 14.2. The maximum atomic E-state index is 9.08. The molecule has 0 aliphatic carbocycles. The van der Waals surface area contributed by atoms with E-state index >= 15 is 0 Å². The van der Waals surface area contributed by atoms with Crippen LogP contribution in [0.2, 0.25) is 0 Å². The van der Waals surface area contributed by atoms with E-state index in [0.29, 0.717) is 17.6 Å². The summed E-state index contributed by atoms with van der Waals surface area (Å²) in [7, 11) is 0. The lowest BCUT2D eigenvalue weighted by Gasteiger charge is -2.56. The highest BCUT2D eigenvalue weighted by Crippen LogP contribution is 2.46. The van der Waals surface area contributed by atoms with Gasteiger partial charge in [-0.15, -0.1) is 0 Å². The molecule has 3 unspecified atom stereocenters. The van der Waals surface area contributed by atoms with Crippen molar-refractivity contribution in [3.63, 3.8) is 0 Å². The molecular weight excluding hydrogens is 270 g/mol. The van der Waals surface area contributed by atoms with E-state index in [4.69, 9.17) is 5.11 Å². The van der Waals surface area contributed by atoms with Gasteiger partial charge in [0.1, 0.15) is 0 Å². The van der Waals surface area contributed by atoms with Gasteiger partial charge in [0.05, 0.1) is 0 Å². The Morgan fingerprint density at radius 3 is 2.68 bits per heavy atom. The molecule has 1 N–H and O–H groups in total. The van der Waals surface area contributed by atoms with Crippen molar-refractivity contribution in [1.29, 1.82) is 0 Å². The number of piperidine rings is 2. The fourth-order valence-corrected chi connectivity index (χ4v) is 4.74. The normalized spacial score (nSPS) is 36.0. The van der Waals surface area contributed by atoms with E-state index in [2.05, 4.69) is 49.1 Å². The van der Waals surface area contributed by atoms with Crippen LogP contribution in [-0.4, -0.2) is 35.2 Å². The van der Waals surface area contributed by atoms with Crippen LogP contribution >= 0.6 is 0 Å². The number of rotatable bonds is 4. The average molecular weight is 301 g/mol. The Bertz CT molecular complexity index is 488. The highest BCUT2D eigenvalue weighted by molar-refractivity contribution is 5.26. The van der Waals surface area contributed by atoms with E-state index in [1.807, 2.05) is 0 Å². The van der Waals surface area contributed by atoms with E-state index < -0.39 is 0 Å². The van der Waals surface area contributed by atoms with Gasteiger partial charge in [-0.25, -0.2) is 0 Å². The lowest BCUT2D eigenvalue weighted by atomic mass is 9.66. The fraction of sp³-hybridized carbons (Fsp3) is 0.700. The van der Waals surface area contributed by atoms with Crippen LogP contribution in [0.25, 0.3) is 0 Å². The van der Waals surface area contributed by atoms with E-state index in [1.165, 1.54) is 50.8 Å². The molecule has 0 spiro atoms. The second-order valence-corrected chi connectivity index (χ2v) is 8.07. The molecule has 2 heteroatoms. The third-order valence-corrected chi connectivity index (χ3v) is 6.30. The lowest BCUT2D eigenvalue weighted by molar-refractivity contribution is -0.0283. The summed E-state index contributed by atoms with van der Waals surface area (Å²) < 4.78 is 0. The molecule has 0 aromatic heterocycles. The van der Waals surface area contributed by atoms with Crippen molar-refractivity contribution in [2.45, 2.75) is 63.3 Å². The van der Waals surface area contributed by atoms with Crippen LogP contribution in [0.5, 0.6) is 0 Å². The average Bonchev–Trinajstić information content (AvgIpc) is 2.54. The lowest BCUT2D eigenvalue weighted by Crippen LogP contribution is -2.59. The quantitative estimate of drug-likeness (QED) is 0.909. The Hall–Kier alpha value is -0.860. The molecule has 122 valence electrons. The molecule has 1 aromatic rings. The number of fused-ring (bicyclic) bond motifs is 1. The first-order valence-electron chi connectivity index (χ1n) is 8.97. The summed E-state index contributed by atoms with van der Waals surface area (Å²) in [6, 6.07) is 11.1. The standard InChI is InChI=1S/C20H31NO/c1-19(18-8-4-3-5-9-18)11-12-20(2)15-17(7-6-14-22)10-13-21(20)16-19/h3-5,8-9,17,22H,6-7,10-16H2,1-2H3. The van der Waals surface area contributed by atoms with Gasteiger partial charge in [0.15, 0.2) is 0 Å². The van der Waals surface area contributed by atoms with Crippen molar-refractivity contribution in [1.82, 2.24) is 4.90 Å². The SMILES string of the molecule is CC1(c2ccccc2)CCC2(C)CC(CCCO)CCN2C1. The van der Waals surface area contributed by atoms with E-state index in [9.17, 15) is 0 Å². The van der Waals surface area contributed by atoms with Crippen molar-refractivity contribution in [2.24, 2.45) is 5.92 Å². The molecule has 2 saturated heterocycles. The number of nitrogens with zero attached hydrogens (tertiary/aromatic N) is 1. The molecule has 2 aliphatic heterocycles. The molecule has 2 nitrogen and oxygen atoms in total. The summed E-state index contributed by atoms with van der Waals surface area (Å²) >= 11 is 0. The number of benzene rings is 1. The van der Waals surface area contributed by atoms with Crippen LogP contribution in [0, 0.1) is 5.92 Å². The number of aliphatic hydroxyl groups is 1. The summed E-state index contributed by atoms with van der Waals surface area (Å²) in [4.78, 5) is 2.76. The highest BCUT2D eigenvalue weighted by atomic mass is 16.2. The molecule has 0 saturated carbocycles. The van der Waals surface area contributed by atoms with Gasteiger partial charge in [0, 0.05) is 24.1 Å². The fourth-order valence-electron chi connectivity index (χ4n) is 4.74. The van der Waals surface area contributed by atoms with Crippen LogP contribution in [0.4, 0.5) is 0 Å². The molecular formula is C20H31NO. The minimum Gasteiger partial charge on any atom is -0.396 e. The maximum absolute atomic E-state index is 9.08. The number of hydrogen-bond acceptors (Lipinski definition) is 2. The van der Waals surface area contributed by atoms with Gasteiger partial charge in [-0.2, -0.15) is 0 Å². The van der Waals surface area contributed by atoms with Crippen LogP contribution in [0.1, 0.15) is 57.9 Å². The molecule has 22 heavy (non-hydrogen) atoms. The van der Waals surface area contributed by atoms with Gasteiger partial charge in [-0.05, 0) is 63.5 Å². The van der Waals surface area contributed by atoms with Crippen LogP contribution in [0.15, 0.2) is 30.3 Å². The molecule has 1 aromatic carbocycles. The van der Waals surface area contributed by atoms with E-state index in [0.717, 1.165) is 12.3 Å². The Kier molecular flexibility index (Phi) is 4.61. The van der Waals surface area contributed by atoms with Crippen molar-refractivity contribution >= 4 is 0 Å². The van der Waals surface area contributed by atoms with Crippen LogP contribution in [-0.2, 0) is 5.41 Å². The molecule has 2 heterocycles. The summed E-state index contributed by atoms with van der Waals surface area (Å²) in [5, 5.41) is 9.08. The number of hydrogen-bond donors (Lipinski definition) is 1. The minimum absolute atomic E-state index is 0.304. The zero-order valence-electron chi connectivity index (χ0n) is 14.2. The smallest absolute Gasteiger partial charge is 0.0431 e. The van der Waals surface area contributed by atoms with Crippen molar-refractivity contribution < 1.29 is 5.11 Å². The molecule has 0 amide bonds. The summed E-state index contributed by atoms with van der Waals surface area (Å²) in [5.41, 5.74) is 2.19. The second-order valence-electron chi connectivity index (χ2n) is 8.07. The molecule has 2 fully saturated rings. The second kappa shape index (κ2) is 6.33. The minimum atomic E-state index is 0.304. The van der Waals surface area contributed by atoms with Crippen molar-refractivity contribution in [3.05, 3.63) is 35.9 Å². The van der Waals surface area contributed by atoms with E-state index in [1.54, 1.807) is 0 Å². The Morgan fingerprint density at radius 1 is 1.18 bits per heavy atom. The first kappa shape index (κ1) is 16.0. The summed E-state index contributed by atoms with van der Waals surface area (Å²) in [5.74, 6) is 0.814. The maximum Gasteiger partial charge on any atom is 0.0431 e. The molecule has 0 bridgehead atoms. The first-order chi connectivity index (χ1) is 10.6. The predicted molar refractivity (Wildman–Crippen MR) is 92.0 cm³/mol. The summed E-state index contributed by atoms with van der Waals surface area (Å²) in [6.45, 7) is 7.70. The Labute approximate surface area is 135 Å². The van der Waals surface area contributed by atoms with Crippen LogP contribution < -0.4 is 0 Å². The highest BCUT2D eigenvalue weighted by Gasteiger charge is 2.46.